The van der Waals surface area contributed by atoms with Crippen LogP contribution in [0.1, 0.15) is 24.2 Å². The summed E-state index contributed by atoms with van der Waals surface area (Å²) in [7, 11) is 0. The third-order valence-corrected chi connectivity index (χ3v) is 2.61. The molecular formula is C14H15NO3. The molecule has 4 heteroatoms. The van der Waals surface area contributed by atoms with Crippen molar-refractivity contribution in [2.75, 3.05) is 0 Å². The molecule has 1 aromatic carbocycles. The van der Waals surface area contributed by atoms with Crippen LogP contribution in [0.5, 0.6) is 0 Å². The molecule has 0 saturated heterocycles. The van der Waals surface area contributed by atoms with Gasteiger partial charge < -0.3 is 9.30 Å². The van der Waals surface area contributed by atoms with Crippen molar-refractivity contribution in [3.8, 4) is 0 Å². The molecule has 0 amide bonds. The highest BCUT2D eigenvalue weighted by Gasteiger charge is 2.11. The van der Waals surface area contributed by atoms with E-state index in [9.17, 15) is 9.59 Å². The third kappa shape index (κ3) is 2.42. The Kier molecular flexibility index (Phi) is 3.46. The smallest absolute Gasteiger partial charge is 0.326 e. The fourth-order valence-electron chi connectivity index (χ4n) is 1.96. The van der Waals surface area contributed by atoms with Gasteiger partial charge in [0.15, 0.2) is 6.29 Å². The topological polar surface area (TPSA) is 48.3 Å². The van der Waals surface area contributed by atoms with E-state index in [2.05, 4.69) is 0 Å². The summed E-state index contributed by atoms with van der Waals surface area (Å²) in [5, 5.41) is 0.942. The van der Waals surface area contributed by atoms with Gasteiger partial charge in [-0.05, 0) is 26.0 Å². The first-order valence-electron chi connectivity index (χ1n) is 5.84. The second kappa shape index (κ2) is 5.04. The summed E-state index contributed by atoms with van der Waals surface area (Å²) >= 11 is 0. The van der Waals surface area contributed by atoms with Gasteiger partial charge in [0.25, 0.3) is 0 Å². The fourth-order valence-corrected chi connectivity index (χ4v) is 1.96. The second-order valence-electron chi connectivity index (χ2n) is 4.39. The van der Waals surface area contributed by atoms with Gasteiger partial charge in [-0.1, -0.05) is 12.1 Å². The van der Waals surface area contributed by atoms with Crippen LogP contribution in [-0.2, 0) is 16.1 Å². The van der Waals surface area contributed by atoms with Gasteiger partial charge in [0.05, 0.1) is 11.6 Å². The lowest BCUT2D eigenvalue weighted by Gasteiger charge is -2.10. The summed E-state index contributed by atoms with van der Waals surface area (Å²) in [5.74, 6) is -0.303. The molecular weight excluding hydrogens is 230 g/mol. The second-order valence-corrected chi connectivity index (χ2v) is 4.39. The van der Waals surface area contributed by atoms with Crippen molar-refractivity contribution in [3.05, 3.63) is 36.0 Å². The first kappa shape index (κ1) is 12.4. The molecule has 0 saturated carbocycles. The van der Waals surface area contributed by atoms with E-state index in [-0.39, 0.29) is 18.6 Å². The predicted molar refractivity (Wildman–Crippen MR) is 68.6 cm³/mol. The van der Waals surface area contributed by atoms with E-state index in [1.54, 1.807) is 16.8 Å². The molecule has 18 heavy (non-hydrogen) atoms. The number of carbonyl (C=O) groups is 2. The molecule has 1 heterocycles. The fraction of sp³-hybridized carbons (Fsp3) is 0.286. The van der Waals surface area contributed by atoms with E-state index in [1.807, 2.05) is 32.0 Å². The van der Waals surface area contributed by atoms with Gasteiger partial charge in [0.1, 0.15) is 6.54 Å². The number of para-hydroxylation sites is 1. The van der Waals surface area contributed by atoms with Crippen LogP contribution in [0.3, 0.4) is 0 Å². The van der Waals surface area contributed by atoms with Crippen molar-refractivity contribution in [3.63, 3.8) is 0 Å². The molecule has 0 N–H and O–H groups in total. The van der Waals surface area contributed by atoms with Gasteiger partial charge in [-0.25, -0.2) is 0 Å². The maximum Gasteiger partial charge on any atom is 0.326 e. The standard InChI is InChI=1S/C14H15NO3/c1-10(2)18-13(17)8-15-7-6-11-4-3-5-12(9-16)14(11)15/h3-7,9-10H,8H2,1-2H3. The van der Waals surface area contributed by atoms with Gasteiger partial charge >= 0.3 is 5.97 Å². The summed E-state index contributed by atoms with van der Waals surface area (Å²) < 4.78 is 6.84. The number of benzene rings is 1. The van der Waals surface area contributed by atoms with E-state index in [1.165, 1.54) is 0 Å². The Morgan fingerprint density at radius 2 is 2.17 bits per heavy atom. The highest BCUT2D eigenvalue weighted by molar-refractivity contribution is 5.96. The maximum absolute atomic E-state index is 11.6. The molecule has 0 bridgehead atoms. The van der Waals surface area contributed by atoms with Crippen LogP contribution >= 0.6 is 0 Å². The monoisotopic (exact) mass is 245 g/mol. The number of hydrogen-bond acceptors (Lipinski definition) is 3. The number of aldehydes is 1. The zero-order valence-corrected chi connectivity index (χ0v) is 10.4. The summed E-state index contributed by atoms with van der Waals surface area (Å²) in [4.78, 5) is 22.6. The normalized spacial score (nSPS) is 10.8. The SMILES string of the molecule is CC(C)OC(=O)Cn1ccc2cccc(C=O)c21. The number of carbonyl (C=O) groups excluding carboxylic acids is 2. The highest BCUT2D eigenvalue weighted by atomic mass is 16.5. The van der Waals surface area contributed by atoms with Crippen LogP contribution in [0.2, 0.25) is 0 Å². The van der Waals surface area contributed by atoms with Crippen molar-refractivity contribution >= 4 is 23.2 Å². The van der Waals surface area contributed by atoms with Crippen molar-refractivity contribution < 1.29 is 14.3 Å². The largest absolute Gasteiger partial charge is 0.462 e. The van der Waals surface area contributed by atoms with Crippen LogP contribution < -0.4 is 0 Å². The molecule has 2 rings (SSSR count). The molecule has 0 aliphatic carbocycles. The Bertz CT molecular complexity index is 584. The Morgan fingerprint density at radius 3 is 2.83 bits per heavy atom. The molecule has 0 spiro atoms. The van der Waals surface area contributed by atoms with Crippen LogP contribution in [-0.4, -0.2) is 22.9 Å². The molecule has 1 aromatic heterocycles. The number of aromatic nitrogens is 1. The van der Waals surface area contributed by atoms with Crippen LogP contribution in [0, 0.1) is 0 Å². The minimum Gasteiger partial charge on any atom is -0.462 e. The van der Waals surface area contributed by atoms with E-state index in [4.69, 9.17) is 4.74 Å². The first-order chi connectivity index (χ1) is 8.61. The highest BCUT2D eigenvalue weighted by Crippen LogP contribution is 2.19. The van der Waals surface area contributed by atoms with Crippen LogP contribution in [0.25, 0.3) is 10.9 Å². The molecule has 0 radical (unpaired) electrons. The molecule has 94 valence electrons. The van der Waals surface area contributed by atoms with Crippen molar-refractivity contribution in [1.82, 2.24) is 4.57 Å². The Morgan fingerprint density at radius 1 is 1.39 bits per heavy atom. The van der Waals surface area contributed by atoms with Gasteiger partial charge in [-0.2, -0.15) is 0 Å². The molecule has 2 aromatic rings. The maximum atomic E-state index is 11.6. The quantitative estimate of drug-likeness (QED) is 0.614. The van der Waals surface area contributed by atoms with Gasteiger partial charge in [0, 0.05) is 17.1 Å². The minimum absolute atomic E-state index is 0.118. The molecule has 0 unspecified atom stereocenters. The number of nitrogens with zero attached hydrogens (tertiary/aromatic N) is 1. The number of esters is 1. The minimum atomic E-state index is -0.303. The average molecular weight is 245 g/mol. The third-order valence-electron chi connectivity index (χ3n) is 2.61. The van der Waals surface area contributed by atoms with E-state index < -0.39 is 0 Å². The Labute approximate surface area is 105 Å². The first-order valence-corrected chi connectivity index (χ1v) is 5.84. The summed E-state index contributed by atoms with van der Waals surface area (Å²) in [6, 6.07) is 7.35. The van der Waals surface area contributed by atoms with Gasteiger partial charge in [-0.15, -0.1) is 0 Å². The number of ether oxygens (including phenoxy) is 1. The van der Waals surface area contributed by atoms with Gasteiger partial charge in [-0.3, -0.25) is 9.59 Å². The van der Waals surface area contributed by atoms with E-state index in [0.717, 1.165) is 17.2 Å². The number of hydrogen-bond donors (Lipinski definition) is 0. The lowest BCUT2D eigenvalue weighted by atomic mass is 10.1. The summed E-state index contributed by atoms with van der Waals surface area (Å²) in [6.45, 7) is 3.73. The van der Waals surface area contributed by atoms with E-state index in [0.29, 0.717) is 5.56 Å². The predicted octanol–water partition coefficient (Wildman–Crippen LogP) is 2.41. The molecule has 0 aliphatic heterocycles. The molecule has 0 fully saturated rings. The lowest BCUT2D eigenvalue weighted by Crippen LogP contribution is -2.17. The molecule has 0 aliphatic rings. The van der Waals surface area contributed by atoms with Crippen LogP contribution in [0.4, 0.5) is 0 Å². The zero-order valence-electron chi connectivity index (χ0n) is 10.4. The van der Waals surface area contributed by atoms with Crippen molar-refractivity contribution in [1.29, 1.82) is 0 Å². The average Bonchev–Trinajstić information content (AvgIpc) is 2.71. The van der Waals surface area contributed by atoms with Crippen molar-refractivity contribution in [2.45, 2.75) is 26.5 Å². The van der Waals surface area contributed by atoms with Gasteiger partial charge in [0.2, 0.25) is 0 Å². The number of fused-ring (bicyclic) bond motifs is 1. The molecule has 4 nitrogen and oxygen atoms in total. The Hall–Kier alpha value is -2.10. The summed E-state index contributed by atoms with van der Waals surface area (Å²) in [6.07, 6.45) is 2.45. The number of rotatable bonds is 4. The Balaban J connectivity index is 2.34. The van der Waals surface area contributed by atoms with Crippen LogP contribution in [0.15, 0.2) is 30.5 Å². The molecule has 0 atom stereocenters. The summed E-state index contributed by atoms with van der Waals surface area (Å²) in [5.41, 5.74) is 1.35. The van der Waals surface area contributed by atoms with Crippen molar-refractivity contribution in [2.24, 2.45) is 0 Å². The zero-order chi connectivity index (χ0) is 13.1. The van der Waals surface area contributed by atoms with E-state index >= 15 is 0 Å². The lowest BCUT2D eigenvalue weighted by molar-refractivity contribution is -0.148.